The minimum absolute atomic E-state index is 0.0630. The van der Waals surface area contributed by atoms with E-state index in [9.17, 15) is 45.6 Å². The van der Waals surface area contributed by atoms with E-state index in [1.54, 1.807) is 12.1 Å². The highest BCUT2D eigenvalue weighted by molar-refractivity contribution is 6.02. The van der Waals surface area contributed by atoms with E-state index >= 15 is 0 Å². The van der Waals surface area contributed by atoms with Crippen molar-refractivity contribution in [2.75, 3.05) is 6.61 Å². The Morgan fingerprint density at radius 3 is 2.16 bits per heavy atom. The number of aliphatic hydroxyl groups excluding tert-OH is 4. The minimum atomic E-state index is -1.81. The Labute approximate surface area is 176 Å². The molecule has 8 N–H and O–H groups in total. The summed E-state index contributed by atoms with van der Waals surface area (Å²) in [4.78, 5) is 12.7. The van der Waals surface area contributed by atoms with Crippen LogP contribution in [0.1, 0.15) is 34.0 Å². The molecule has 10 heteroatoms. The maximum atomic E-state index is 12.7. The lowest BCUT2D eigenvalue weighted by atomic mass is 9.88. The molecule has 3 rings (SSSR count). The summed E-state index contributed by atoms with van der Waals surface area (Å²) in [5.41, 5.74) is -0.260. The number of phenols is 4. The molecule has 1 fully saturated rings. The van der Waals surface area contributed by atoms with E-state index in [1.807, 2.05) is 0 Å². The first-order valence-electron chi connectivity index (χ1n) is 9.55. The molecule has 2 aromatic carbocycles. The second-order valence-corrected chi connectivity index (χ2v) is 7.39. The number of phenolic OH excluding ortho intramolecular Hbond substituents is 4. The van der Waals surface area contributed by atoms with E-state index in [2.05, 4.69) is 0 Å². The van der Waals surface area contributed by atoms with E-state index in [4.69, 9.17) is 4.74 Å². The number of ether oxygens (including phenoxy) is 1. The summed E-state index contributed by atoms with van der Waals surface area (Å²) in [5, 5.41) is 79.9. The van der Waals surface area contributed by atoms with Gasteiger partial charge in [-0.2, -0.15) is 0 Å². The SMILES string of the molecule is O=C(CCc1ccc(O)cc1)c1c(O)cc(O)c([C@@H]2OC(CO)[C@@H](O)[C@H](O)C2O)c1O. The molecular formula is C21H24O10. The normalized spacial score (nSPS) is 26.0. The fraction of sp³-hybridized carbons (Fsp3) is 0.381. The van der Waals surface area contributed by atoms with E-state index < -0.39 is 71.3 Å². The number of rotatable bonds is 6. The predicted molar refractivity (Wildman–Crippen MR) is 105 cm³/mol. The molecule has 0 amide bonds. The highest BCUT2D eigenvalue weighted by atomic mass is 16.5. The molecule has 1 heterocycles. The molecule has 1 saturated heterocycles. The molecule has 168 valence electrons. The first kappa shape index (κ1) is 22.8. The van der Waals surface area contributed by atoms with Gasteiger partial charge in [0.05, 0.1) is 12.2 Å². The van der Waals surface area contributed by atoms with Crippen molar-refractivity contribution in [1.82, 2.24) is 0 Å². The summed E-state index contributed by atoms with van der Waals surface area (Å²) in [7, 11) is 0. The van der Waals surface area contributed by atoms with E-state index in [-0.39, 0.29) is 18.6 Å². The lowest BCUT2D eigenvalue weighted by molar-refractivity contribution is -0.232. The van der Waals surface area contributed by atoms with Gasteiger partial charge in [-0.3, -0.25) is 4.79 Å². The number of aromatic hydroxyl groups is 4. The lowest BCUT2D eigenvalue weighted by Crippen LogP contribution is -2.55. The highest BCUT2D eigenvalue weighted by Crippen LogP contribution is 2.46. The average molecular weight is 436 g/mol. The van der Waals surface area contributed by atoms with Crippen molar-refractivity contribution < 1.29 is 50.4 Å². The summed E-state index contributed by atoms with van der Waals surface area (Å²) in [6.45, 7) is -0.723. The van der Waals surface area contributed by atoms with Gasteiger partial charge in [-0.1, -0.05) is 12.1 Å². The smallest absolute Gasteiger partial charge is 0.170 e. The van der Waals surface area contributed by atoms with Crippen molar-refractivity contribution in [3.63, 3.8) is 0 Å². The van der Waals surface area contributed by atoms with Crippen LogP contribution in [0.3, 0.4) is 0 Å². The van der Waals surface area contributed by atoms with Crippen LogP contribution in [0.15, 0.2) is 30.3 Å². The van der Waals surface area contributed by atoms with Crippen LogP contribution in [0.25, 0.3) is 0 Å². The minimum Gasteiger partial charge on any atom is -0.508 e. The third-order valence-corrected chi connectivity index (χ3v) is 5.33. The maximum absolute atomic E-state index is 12.7. The number of hydrogen-bond acceptors (Lipinski definition) is 10. The molecule has 1 aliphatic heterocycles. The molecule has 31 heavy (non-hydrogen) atoms. The van der Waals surface area contributed by atoms with Gasteiger partial charge in [-0.05, 0) is 24.1 Å². The van der Waals surface area contributed by atoms with E-state index in [1.165, 1.54) is 12.1 Å². The molecule has 1 aliphatic rings. The highest BCUT2D eigenvalue weighted by Gasteiger charge is 2.46. The van der Waals surface area contributed by atoms with Crippen molar-refractivity contribution in [2.45, 2.75) is 43.4 Å². The fourth-order valence-electron chi connectivity index (χ4n) is 3.60. The quantitative estimate of drug-likeness (QED) is 0.283. The van der Waals surface area contributed by atoms with Gasteiger partial charge in [-0.25, -0.2) is 0 Å². The Kier molecular flexibility index (Phi) is 6.68. The zero-order valence-corrected chi connectivity index (χ0v) is 16.3. The zero-order valence-electron chi connectivity index (χ0n) is 16.3. The number of aliphatic hydroxyl groups is 4. The van der Waals surface area contributed by atoms with Crippen LogP contribution >= 0.6 is 0 Å². The Morgan fingerprint density at radius 1 is 0.903 bits per heavy atom. The van der Waals surface area contributed by atoms with Crippen LogP contribution in [0.4, 0.5) is 0 Å². The first-order chi connectivity index (χ1) is 14.6. The molecule has 0 aliphatic carbocycles. The Morgan fingerprint density at radius 2 is 1.55 bits per heavy atom. The van der Waals surface area contributed by atoms with Crippen LogP contribution < -0.4 is 0 Å². The van der Waals surface area contributed by atoms with Gasteiger partial charge in [0, 0.05) is 12.5 Å². The third kappa shape index (κ3) is 4.43. The van der Waals surface area contributed by atoms with Crippen LogP contribution in [0.2, 0.25) is 0 Å². The lowest BCUT2D eigenvalue weighted by Gasteiger charge is -2.40. The molecule has 5 atom stereocenters. The Balaban J connectivity index is 1.92. The third-order valence-electron chi connectivity index (χ3n) is 5.33. The zero-order chi connectivity index (χ0) is 22.9. The van der Waals surface area contributed by atoms with E-state index in [0.717, 1.165) is 11.6 Å². The van der Waals surface area contributed by atoms with Crippen LogP contribution in [0.5, 0.6) is 23.0 Å². The van der Waals surface area contributed by atoms with Gasteiger partial charge < -0.3 is 45.6 Å². The number of Topliss-reactive ketones (excluding diaryl/α,β-unsaturated/α-hetero) is 1. The summed E-state index contributed by atoms with van der Waals surface area (Å²) in [5.74, 6) is -2.87. The van der Waals surface area contributed by atoms with Crippen LogP contribution in [-0.4, -0.2) is 77.7 Å². The Hall–Kier alpha value is -2.89. The second-order valence-electron chi connectivity index (χ2n) is 7.39. The van der Waals surface area contributed by atoms with Gasteiger partial charge in [0.25, 0.3) is 0 Å². The van der Waals surface area contributed by atoms with Crippen molar-refractivity contribution in [2.24, 2.45) is 0 Å². The number of ketones is 1. The monoisotopic (exact) mass is 436 g/mol. The van der Waals surface area contributed by atoms with Gasteiger partial charge in [0.2, 0.25) is 0 Å². The van der Waals surface area contributed by atoms with Crippen molar-refractivity contribution in [3.05, 3.63) is 47.0 Å². The number of benzene rings is 2. The standard InChI is InChI=1S/C21H24O10/c22-8-14-17(27)19(29)20(30)21(31-14)16-13(26)7-12(25)15(18(16)28)11(24)6-3-9-1-4-10(23)5-2-9/h1-2,4-5,7,14,17,19-23,25-30H,3,6,8H2/t14?,17-,19+,20?,21+/m1/s1. The van der Waals surface area contributed by atoms with Crippen molar-refractivity contribution in [1.29, 1.82) is 0 Å². The molecule has 2 aromatic rings. The van der Waals surface area contributed by atoms with Crippen molar-refractivity contribution >= 4 is 5.78 Å². The van der Waals surface area contributed by atoms with Gasteiger partial charge >= 0.3 is 0 Å². The fourth-order valence-corrected chi connectivity index (χ4v) is 3.60. The Bertz CT molecular complexity index is 940. The molecule has 10 nitrogen and oxygen atoms in total. The molecular weight excluding hydrogens is 412 g/mol. The molecule has 0 spiro atoms. The molecule has 0 aromatic heterocycles. The van der Waals surface area contributed by atoms with Gasteiger partial charge in [0.15, 0.2) is 5.78 Å². The molecule has 2 unspecified atom stereocenters. The summed E-state index contributed by atoms with van der Waals surface area (Å²) < 4.78 is 5.35. The second kappa shape index (κ2) is 9.08. The van der Waals surface area contributed by atoms with Crippen LogP contribution in [-0.2, 0) is 11.2 Å². The predicted octanol–water partition coefficient (Wildman–Crippen LogP) is -0.161. The van der Waals surface area contributed by atoms with Crippen LogP contribution in [0, 0.1) is 0 Å². The topological polar surface area (TPSA) is 188 Å². The summed E-state index contributed by atoms with van der Waals surface area (Å²) in [6, 6.07) is 6.92. The van der Waals surface area contributed by atoms with Gasteiger partial charge in [0.1, 0.15) is 59.1 Å². The number of aryl methyl sites for hydroxylation is 1. The molecule has 0 radical (unpaired) electrons. The van der Waals surface area contributed by atoms with E-state index in [0.29, 0.717) is 0 Å². The molecule has 0 saturated carbocycles. The first-order valence-corrected chi connectivity index (χ1v) is 9.55. The van der Waals surface area contributed by atoms with Crippen molar-refractivity contribution in [3.8, 4) is 23.0 Å². The largest absolute Gasteiger partial charge is 0.508 e. The molecule has 0 bridgehead atoms. The average Bonchev–Trinajstić information content (AvgIpc) is 2.73. The summed E-state index contributed by atoms with van der Waals surface area (Å²) in [6.07, 6.45) is -8.02. The summed E-state index contributed by atoms with van der Waals surface area (Å²) >= 11 is 0. The number of carbonyl (C=O) groups excluding carboxylic acids is 1. The number of hydrogen-bond donors (Lipinski definition) is 8. The van der Waals surface area contributed by atoms with Gasteiger partial charge in [-0.15, -0.1) is 0 Å². The maximum Gasteiger partial charge on any atom is 0.170 e. The number of carbonyl (C=O) groups is 1.